The van der Waals surface area contributed by atoms with Crippen molar-refractivity contribution in [2.24, 2.45) is 11.7 Å². The molecule has 98 valence electrons. The third-order valence-corrected chi connectivity index (χ3v) is 2.43. The van der Waals surface area contributed by atoms with E-state index in [0.717, 1.165) is 5.56 Å². The number of carbonyl (C=O) groups excluding carboxylic acids is 2. The van der Waals surface area contributed by atoms with Crippen molar-refractivity contribution in [3.63, 3.8) is 0 Å². The fourth-order valence-electron chi connectivity index (χ4n) is 1.44. The normalized spacial score (nSPS) is 10.2. The maximum Gasteiger partial charge on any atom is 0.319 e. The van der Waals surface area contributed by atoms with Crippen molar-refractivity contribution in [3.05, 3.63) is 29.3 Å². The van der Waals surface area contributed by atoms with E-state index < -0.39 is 5.91 Å². The molecular formula is C13H19N3O2. The van der Waals surface area contributed by atoms with Crippen LogP contribution >= 0.6 is 0 Å². The Morgan fingerprint density at radius 3 is 2.56 bits per heavy atom. The minimum absolute atomic E-state index is 0.289. The number of benzene rings is 1. The van der Waals surface area contributed by atoms with Gasteiger partial charge in [-0.1, -0.05) is 19.9 Å². The molecule has 0 aliphatic heterocycles. The number of urea groups is 1. The molecule has 0 aliphatic rings. The molecule has 18 heavy (non-hydrogen) atoms. The van der Waals surface area contributed by atoms with Gasteiger partial charge in [-0.25, -0.2) is 4.79 Å². The lowest BCUT2D eigenvalue weighted by molar-refractivity contribution is 0.0999. The molecule has 0 aromatic heterocycles. The number of aryl methyl sites for hydroxylation is 1. The number of nitrogens with one attached hydrogen (secondary N) is 2. The fraction of sp³-hybridized carbons (Fsp3) is 0.385. The van der Waals surface area contributed by atoms with Crippen LogP contribution in [0.1, 0.15) is 29.8 Å². The Labute approximate surface area is 107 Å². The smallest absolute Gasteiger partial charge is 0.319 e. The van der Waals surface area contributed by atoms with Gasteiger partial charge in [0.15, 0.2) is 0 Å². The molecule has 0 saturated heterocycles. The van der Waals surface area contributed by atoms with Crippen LogP contribution in [0.4, 0.5) is 10.5 Å². The van der Waals surface area contributed by atoms with E-state index >= 15 is 0 Å². The molecule has 0 saturated carbocycles. The van der Waals surface area contributed by atoms with Crippen LogP contribution in [-0.4, -0.2) is 18.5 Å². The van der Waals surface area contributed by atoms with Gasteiger partial charge in [0.05, 0.1) is 0 Å². The number of primary amides is 1. The Morgan fingerprint density at radius 1 is 1.33 bits per heavy atom. The second-order valence-electron chi connectivity index (χ2n) is 4.62. The molecule has 3 amide bonds. The zero-order chi connectivity index (χ0) is 13.7. The summed E-state index contributed by atoms with van der Waals surface area (Å²) >= 11 is 0. The van der Waals surface area contributed by atoms with Crippen LogP contribution in [0.3, 0.4) is 0 Å². The summed E-state index contributed by atoms with van der Waals surface area (Å²) in [5.41, 5.74) is 7.00. The molecule has 0 bridgehead atoms. The number of amides is 3. The molecule has 1 aromatic rings. The van der Waals surface area contributed by atoms with Crippen molar-refractivity contribution >= 4 is 17.6 Å². The molecule has 0 unspecified atom stereocenters. The highest BCUT2D eigenvalue weighted by atomic mass is 16.2. The number of carbonyl (C=O) groups is 2. The first-order valence-corrected chi connectivity index (χ1v) is 5.85. The second kappa shape index (κ2) is 6.05. The predicted molar refractivity (Wildman–Crippen MR) is 71.6 cm³/mol. The van der Waals surface area contributed by atoms with E-state index in [2.05, 4.69) is 10.6 Å². The lowest BCUT2D eigenvalue weighted by atomic mass is 10.1. The van der Waals surface area contributed by atoms with Crippen LogP contribution in [0.5, 0.6) is 0 Å². The van der Waals surface area contributed by atoms with Crippen molar-refractivity contribution in [1.82, 2.24) is 5.32 Å². The molecule has 4 N–H and O–H groups in total. The number of nitrogens with two attached hydrogens (primary N) is 1. The molecule has 0 aliphatic carbocycles. The van der Waals surface area contributed by atoms with Crippen LogP contribution < -0.4 is 16.4 Å². The van der Waals surface area contributed by atoms with Crippen molar-refractivity contribution in [2.45, 2.75) is 20.8 Å². The van der Waals surface area contributed by atoms with Gasteiger partial charge in [0, 0.05) is 17.8 Å². The summed E-state index contributed by atoms with van der Waals surface area (Å²) in [4.78, 5) is 22.7. The molecule has 0 radical (unpaired) electrons. The van der Waals surface area contributed by atoms with Gasteiger partial charge >= 0.3 is 6.03 Å². The van der Waals surface area contributed by atoms with E-state index in [4.69, 9.17) is 5.73 Å². The average Bonchev–Trinajstić information content (AvgIpc) is 2.28. The topological polar surface area (TPSA) is 84.2 Å². The minimum atomic E-state index is -0.501. The highest BCUT2D eigenvalue weighted by Crippen LogP contribution is 2.14. The fourth-order valence-corrected chi connectivity index (χ4v) is 1.44. The third-order valence-electron chi connectivity index (χ3n) is 2.43. The van der Waals surface area contributed by atoms with Crippen LogP contribution in [0.15, 0.2) is 18.2 Å². The van der Waals surface area contributed by atoms with Crippen LogP contribution in [0.25, 0.3) is 0 Å². The van der Waals surface area contributed by atoms with E-state index in [1.165, 1.54) is 0 Å². The summed E-state index contributed by atoms with van der Waals surface area (Å²) < 4.78 is 0. The number of anilines is 1. The number of rotatable bonds is 4. The largest absolute Gasteiger partial charge is 0.366 e. The summed E-state index contributed by atoms with van der Waals surface area (Å²) in [6.07, 6.45) is 0. The Morgan fingerprint density at radius 2 is 2.00 bits per heavy atom. The molecule has 0 spiro atoms. The van der Waals surface area contributed by atoms with Gasteiger partial charge < -0.3 is 16.4 Å². The molecular weight excluding hydrogens is 230 g/mol. The Hall–Kier alpha value is -2.04. The number of hydrogen-bond donors (Lipinski definition) is 3. The first-order valence-electron chi connectivity index (χ1n) is 5.85. The summed E-state index contributed by atoms with van der Waals surface area (Å²) in [5.74, 6) is -0.117. The average molecular weight is 249 g/mol. The van der Waals surface area contributed by atoms with Crippen molar-refractivity contribution < 1.29 is 9.59 Å². The highest BCUT2D eigenvalue weighted by molar-refractivity contribution is 5.97. The van der Waals surface area contributed by atoms with E-state index in [1.807, 2.05) is 13.8 Å². The zero-order valence-electron chi connectivity index (χ0n) is 10.9. The van der Waals surface area contributed by atoms with Gasteiger partial charge in [-0.3, -0.25) is 4.79 Å². The first-order chi connectivity index (χ1) is 8.40. The third kappa shape index (κ3) is 4.08. The molecule has 5 nitrogen and oxygen atoms in total. The van der Waals surface area contributed by atoms with Gasteiger partial charge in [-0.15, -0.1) is 0 Å². The van der Waals surface area contributed by atoms with Gasteiger partial charge in [-0.05, 0) is 30.5 Å². The Bertz CT molecular complexity index is 456. The maximum absolute atomic E-state index is 11.5. The first kappa shape index (κ1) is 14.0. The Kier molecular flexibility index (Phi) is 4.71. The monoisotopic (exact) mass is 249 g/mol. The zero-order valence-corrected chi connectivity index (χ0v) is 10.9. The van der Waals surface area contributed by atoms with Crippen LogP contribution in [0.2, 0.25) is 0 Å². The maximum atomic E-state index is 11.5. The van der Waals surface area contributed by atoms with Gasteiger partial charge in [0.1, 0.15) is 0 Å². The van der Waals surface area contributed by atoms with E-state index in [9.17, 15) is 9.59 Å². The van der Waals surface area contributed by atoms with Crippen molar-refractivity contribution in [2.75, 3.05) is 11.9 Å². The predicted octanol–water partition coefficient (Wildman–Crippen LogP) is 1.87. The van der Waals surface area contributed by atoms with Crippen LogP contribution in [-0.2, 0) is 0 Å². The van der Waals surface area contributed by atoms with Crippen molar-refractivity contribution in [3.8, 4) is 0 Å². The molecule has 1 rings (SSSR count). The lowest BCUT2D eigenvalue weighted by Gasteiger charge is -2.10. The molecule has 0 atom stereocenters. The molecule has 0 heterocycles. The van der Waals surface area contributed by atoms with Crippen molar-refractivity contribution in [1.29, 1.82) is 0 Å². The van der Waals surface area contributed by atoms with Gasteiger partial charge in [0.2, 0.25) is 5.91 Å². The van der Waals surface area contributed by atoms with Gasteiger partial charge in [0.25, 0.3) is 0 Å². The summed E-state index contributed by atoms with van der Waals surface area (Å²) in [7, 11) is 0. The number of hydrogen-bond acceptors (Lipinski definition) is 2. The van der Waals surface area contributed by atoms with Gasteiger partial charge in [-0.2, -0.15) is 0 Å². The standard InChI is InChI=1S/C13H19N3O2/c1-8(2)7-15-13(18)16-10-5-4-9(3)11(6-10)12(14)17/h4-6,8H,7H2,1-3H3,(H2,14,17)(H2,15,16,18). The molecule has 0 fully saturated rings. The van der Waals surface area contributed by atoms with E-state index in [1.54, 1.807) is 25.1 Å². The Balaban J connectivity index is 2.70. The van der Waals surface area contributed by atoms with E-state index in [-0.39, 0.29) is 6.03 Å². The lowest BCUT2D eigenvalue weighted by Crippen LogP contribution is -2.31. The summed E-state index contributed by atoms with van der Waals surface area (Å²) in [5, 5.41) is 5.39. The summed E-state index contributed by atoms with van der Waals surface area (Å²) in [6, 6.07) is 4.77. The minimum Gasteiger partial charge on any atom is -0.366 e. The second-order valence-corrected chi connectivity index (χ2v) is 4.62. The van der Waals surface area contributed by atoms with Crippen LogP contribution in [0, 0.1) is 12.8 Å². The highest BCUT2D eigenvalue weighted by Gasteiger charge is 2.08. The SMILES string of the molecule is Cc1ccc(NC(=O)NCC(C)C)cc1C(N)=O. The molecule has 1 aromatic carbocycles. The molecule has 5 heteroatoms. The quantitative estimate of drug-likeness (QED) is 0.761. The van der Waals surface area contributed by atoms with E-state index in [0.29, 0.717) is 23.7 Å². The summed E-state index contributed by atoms with van der Waals surface area (Å²) in [6.45, 7) is 6.41.